The lowest BCUT2D eigenvalue weighted by molar-refractivity contribution is -0.218. The molecule has 5 aliphatic heterocycles. The summed E-state index contributed by atoms with van der Waals surface area (Å²) < 4.78 is 131. The fourth-order valence-corrected chi connectivity index (χ4v) is 20.2. The number of nitrogens with zero attached hydrogens (tertiary/aromatic N) is 9. The van der Waals surface area contributed by atoms with Crippen LogP contribution in [0, 0.1) is 18.8 Å². The number of hydrogen-bond donors (Lipinski definition) is 8. The molecular formula is C58H80BrN16O28P4S5-3. The number of nitrogens with two attached hydrogens (primary N) is 4. The predicted octanol–water partition coefficient (Wildman–Crippen LogP) is -0.645. The fourth-order valence-electron chi connectivity index (χ4n) is 12.9. The highest BCUT2D eigenvalue weighted by molar-refractivity contribution is 9.10. The third-order valence-corrected chi connectivity index (χ3v) is 26.4. The third-order valence-electron chi connectivity index (χ3n) is 18.2. The van der Waals surface area contributed by atoms with E-state index in [1.54, 1.807) is 0 Å². The molecule has 6 aromatic heterocycles. The molecule has 0 amide bonds. The average molecular weight is 1810 g/mol. The van der Waals surface area contributed by atoms with Gasteiger partial charge in [0.2, 0.25) is 5.95 Å². The molecule has 21 atom stereocenters. The van der Waals surface area contributed by atoms with Crippen molar-refractivity contribution in [1.29, 1.82) is 0 Å². The second kappa shape index (κ2) is 38.0. The second-order valence-corrected chi connectivity index (χ2v) is 40.1. The number of anilines is 3. The molecule has 0 saturated carbocycles. The summed E-state index contributed by atoms with van der Waals surface area (Å²) >= 11 is 32.1. The number of aliphatic hydroxyl groups excluding tert-OH is 1. The van der Waals surface area contributed by atoms with Crippen molar-refractivity contribution in [3.63, 3.8) is 0 Å². The molecule has 112 heavy (non-hydrogen) atoms. The summed E-state index contributed by atoms with van der Waals surface area (Å²) in [5, 5.41) is 10.4. The molecule has 9 unspecified atom stereocenters. The standard InChI is InChI=1S/C58H83BrN16O28P4S5/c1-27(2)29-16-40(71-9-6-38(61)65-55(71)80)95-34(29)22-93-106(110,90-15-14-89-13-12-88-11-8-60)100-31-17-41(73-19-28(3)49(77)69-57(73)82)96-36(31)24-94-107(111,112)101-32-18-42(75-26-64-43-48(75)67-54(63)68-51(43)79)97-35(32)23-91-104(84,108)103-45-37(99-52(47(45)87-5)72-10-7-39(62)66-56(72)81)25-92-105(85,109)102-44-33(21-76)98-53(46(44)86-4)74-20-30(59)50(78)70-58(74)83/h6-7,9-10,19-20,26-27,29,31-37,40-42,44-47,52-53,76H,8,11-18,21-25,60H2,1-5H3,(H,84,108)(H,85,109)(H,111,112)(H2,61,65,80)(H2,62,66,81)(H,69,77,82)(H,70,78,83)(H3,63,67,68,79)/p-3/t29?,31?,32?,33-,34-,35-,36-,37-,40-,41-,42-,44?,45?,46+,47+,52-,53-,104?,105?,106?/m1/s1. The number of rotatable bonds is 38. The van der Waals surface area contributed by atoms with Gasteiger partial charge in [0, 0.05) is 64.0 Å². The van der Waals surface area contributed by atoms with Crippen molar-refractivity contribution < 1.29 is 97.9 Å². The second-order valence-electron chi connectivity index (χ2n) is 25.9. The molecule has 12 N–H and O–H groups in total. The molecule has 0 radical (unpaired) electrons. The number of aromatic amines is 3. The van der Waals surface area contributed by atoms with Crippen LogP contribution in [-0.2, 0) is 148 Å². The summed E-state index contributed by atoms with van der Waals surface area (Å²) in [5.74, 6) is -0.645. The van der Waals surface area contributed by atoms with Gasteiger partial charge in [0.15, 0.2) is 30.4 Å². The van der Waals surface area contributed by atoms with Crippen LogP contribution in [0.25, 0.3) is 11.2 Å². The van der Waals surface area contributed by atoms with Gasteiger partial charge in [0.25, 0.3) is 16.7 Å². The van der Waals surface area contributed by atoms with Crippen LogP contribution in [0.1, 0.15) is 69.8 Å². The van der Waals surface area contributed by atoms with Gasteiger partial charge in [-0.1, -0.05) is 37.5 Å². The molecule has 0 bridgehead atoms. The molecule has 6 aromatic rings. The average Bonchev–Trinajstić information content (AvgIpc) is 1.65. The number of halogens is 1. The fraction of sp³-hybridized carbons (Fsp3) is 0.638. The van der Waals surface area contributed by atoms with E-state index in [1.807, 2.05) is 13.8 Å². The highest BCUT2D eigenvalue weighted by Gasteiger charge is 2.52. The number of aromatic nitrogens is 12. The van der Waals surface area contributed by atoms with E-state index in [-0.39, 0.29) is 96.5 Å². The molecule has 0 spiro atoms. The number of methoxy groups -OCH3 is 2. The third kappa shape index (κ3) is 21.5. The van der Waals surface area contributed by atoms with Crippen LogP contribution in [0.3, 0.4) is 0 Å². The molecule has 5 saturated heterocycles. The lowest BCUT2D eigenvalue weighted by Gasteiger charge is -2.36. The van der Waals surface area contributed by atoms with Gasteiger partial charge in [0.05, 0.1) is 101 Å². The number of nitrogens with one attached hydrogen (secondary N) is 3. The highest BCUT2D eigenvalue weighted by atomic mass is 79.9. The van der Waals surface area contributed by atoms with E-state index in [0.717, 1.165) is 19.9 Å². The molecule has 54 heteroatoms. The Kier molecular flexibility index (Phi) is 29.9. The Morgan fingerprint density at radius 2 is 1.18 bits per heavy atom. The predicted molar refractivity (Wildman–Crippen MR) is 409 cm³/mol. The Bertz CT molecular complexity index is 4970. The molecule has 620 valence electrons. The molecular weight excluding hydrogens is 1730 g/mol. The van der Waals surface area contributed by atoms with Gasteiger partial charge in [0.1, 0.15) is 85.9 Å². The Morgan fingerprint density at radius 1 is 0.625 bits per heavy atom. The number of nitrogen functional groups attached to an aromatic ring is 3. The molecule has 44 nitrogen and oxygen atoms in total. The number of imidazole rings is 1. The summed E-state index contributed by atoms with van der Waals surface area (Å²) in [6, 6.07) is 2.73. The molecule has 5 fully saturated rings. The van der Waals surface area contributed by atoms with E-state index in [1.165, 1.54) is 67.3 Å². The van der Waals surface area contributed by atoms with Crippen molar-refractivity contribution in [3.8, 4) is 0 Å². The Hall–Kier alpha value is -4.61. The maximum Gasteiger partial charge on any atom is 0.351 e. The van der Waals surface area contributed by atoms with Gasteiger partial charge in [-0.3, -0.25) is 56.7 Å². The summed E-state index contributed by atoms with van der Waals surface area (Å²) in [5.41, 5.74) is 13.6. The molecule has 0 aliphatic carbocycles. The zero-order valence-corrected chi connectivity index (χ0v) is 69.1. The van der Waals surface area contributed by atoms with Crippen molar-refractivity contribution in [2.75, 3.05) is 104 Å². The van der Waals surface area contributed by atoms with E-state index in [4.69, 9.17) is 166 Å². The Balaban J connectivity index is 0.835. The first-order valence-electron chi connectivity index (χ1n) is 34.1. The minimum Gasteiger partial charge on any atom is -0.780 e. The van der Waals surface area contributed by atoms with Crippen LogP contribution in [0.4, 0.5) is 17.6 Å². The number of H-pyrrole nitrogens is 3. The van der Waals surface area contributed by atoms with E-state index < -0.39 is 190 Å². The summed E-state index contributed by atoms with van der Waals surface area (Å²) in [6.07, 6.45) is -14.6. The molecule has 5 aliphatic rings. The van der Waals surface area contributed by atoms with E-state index in [9.17, 15) is 48.1 Å². The highest BCUT2D eigenvalue weighted by Crippen LogP contribution is 2.58. The van der Waals surface area contributed by atoms with E-state index >= 15 is 0 Å². The van der Waals surface area contributed by atoms with Gasteiger partial charge in [-0.25, -0.2) is 24.2 Å². The summed E-state index contributed by atoms with van der Waals surface area (Å²) in [7, 11) is 2.37. The van der Waals surface area contributed by atoms with Gasteiger partial charge in [-0.05, 0) is 65.0 Å². The van der Waals surface area contributed by atoms with Crippen molar-refractivity contribution in [3.05, 3.63) is 126 Å². The topological polar surface area (TPSA) is 574 Å². The smallest absolute Gasteiger partial charge is 0.351 e. The van der Waals surface area contributed by atoms with E-state index in [0.29, 0.717) is 19.6 Å². The van der Waals surface area contributed by atoms with Gasteiger partial charge in [-0.15, -0.1) is 0 Å². The molecule has 0 aromatic carbocycles. The van der Waals surface area contributed by atoms with Gasteiger partial charge in [-0.2, -0.15) is 15.0 Å². The SMILES string of the molecule is CO[C@H]1C(OP(=O)([S-])OC[C@H]2O[C@@H](n3cnc4c(=O)[nH]c(N)nc43)CC2OP(=S)([S-])OC[C@H]2O[C@@H](n3cc(C)c(=O)[nH]c3=O)CC2OP(=S)(OCCOCCOCCN)OC[C@H]2O[C@@H](n3ccc(N)nc3=O)CC2C(C)C)[C@@H](COP([O-])(=S)OC2[C@@H](CO)O[C@@H](n3cc(Br)c(=O)[nH]c3=O)[C@H]2OC)O[C@H]1n1ccc(N)nc1=O. The van der Waals surface area contributed by atoms with Gasteiger partial charge >= 0.3 is 29.5 Å². The summed E-state index contributed by atoms with van der Waals surface area (Å²) in [4.78, 5) is 128. The number of fused-ring (bicyclic) bond motifs is 1. The first-order valence-corrected chi connectivity index (χ1v) is 46.3. The van der Waals surface area contributed by atoms with Crippen LogP contribution in [0.5, 0.6) is 0 Å². The van der Waals surface area contributed by atoms with Crippen LogP contribution in [0.2, 0.25) is 0 Å². The van der Waals surface area contributed by atoms with Gasteiger partial charge < -0.3 is 141 Å². The largest absolute Gasteiger partial charge is 0.780 e. The molecule has 11 heterocycles. The zero-order chi connectivity index (χ0) is 80.9. The van der Waals surface area contributed by atoms with E-state index in [2.05, 4.69) is 50.8 Å². The summed E-state index contributed by atoms with van der Waals surface area (Å²) in [6.45, 7) is -10.8. The molecule has 11 rings (SSSR count). The lowest BCUT2D eigenvalue weighted by atomic mass is 9.89. The Labute approximate surface area is 668 Å². The first kappa shape index (κ1) is 88.2. The monoisotopic (exact) mass is 1810 g/mol. The normalized spacial score (nSPS) is 28.9. The van der Waals surface area contributed by atoms with Crippen LogP contribution >= 0.6 is 41.9 Å². The zero-order valence-electron chi connectivity index (χ0n) is 59.8. The van der Waals surface area contributed by atoms with Crippen LogP contribution in [0.15, 0.2) is 81.3 Å². The Morgan fingerprint density at radius 3 is 1.82 bits per heavy atom. The number of ether oxygens (including phenoxy) is 9. The minimum absolute atomic E-state index is 0.00811. The number of aliphatic hydroxyl groups is 1. The van der Waals surface area contributed by atoms with Crippen molar-refractivity contribution >= 4 is 131 Å². The maximum absolute atomic E-state index is 14.9. The number of aryl methyl sites for hydroxylation is 1. The van der Waals surface area contributed by atoms with Crippen LogP contribution in [-0.4, -0.2) is 217 Å². The van der Waals surface area contributed by atoms with Crippen LogP contribution < -0.4 is 67.3 Å². The maximum atomic E-state index is 14.9. The minimum atomic E-state index is -4.98. The first-order chi connectivity index (χ1) is 53.1. The van der Waals surface area contributed by atoms with Crippen molar-refractivity contribution in [2.24, 2.45) is 17.6 Å². The number of hydrogen-bond acceptors (Lipinski definition) is 41. The van der Waals surface area contributed by atoms with Crippen molar-refractivity contribution in [1.82, 2.24) is 57.7 Å². The van der Waals surface area contributed by atoms with Crippen molar-refractivity contribution in [2.45, 2.75) is 138 Å². The lowest BCUT2D eigenvalue weighted by Crippen LogP contribution is -2.41. The quantitative estimate of drug-likeness (QED) is 0.0136.